The number of amides is 2. The van der Waals surface area contributed by atoms with Gasteiger partial charge in [0, 0.05) is 32.1 Å². The Bertz CT molecular complexity index is 975. The maximum absolute atomic E-state index is 13.7. The molecule has 3 atom stereocenters. The first kappa shape index (κ1) is 22.3. The first-order valence-electron chi connectivity index (χ1n) is 11.4. The summed E-state index contributed by atoms with van der Waals surface area (Å²) in [6.07, 6.45) is 5.18. The minimum absolute atomic E-state index is 0.127. The van der Waals surface area contributed by atoms with E-state index < -0.39 is 16.1 Å². The van der Waals surface area contributed by atoms with Gasteiger partial charge in [-0.15, -0.1) is 0 Å². The summed E-state index contributed by atoms with van der Waals surface area (Å²) in [6.45, 7) is 6.21. The minimum Gasteiger partial charge on any atom is -0.352 e. The number of carbonyl (C=O) groups excluding carboxylic acids is 2. The molecule has 2 heterocycles. The molecule has 2 fully saturated rings. The van der Waals surface area contributed by atoms with Crippen molar-refractivity contribution in [3.63, 3.8) is 0 Å². The normalized spacial score (nSPS) is 26.6. The van der Waals surface area contributed by atoms with Gasteiger partial charge in [-0.05, 0) is 67.7 Å². The lowest BCUT2D eigenvalue weighted by molar-refractivity contribution is -0.141. The van der Waals surface area contributed by atoms with Crippen molar-refractivity contribution >= 4 is 21.8 Å². The van der Waals surface area contributed by atoms with Gasteiger partial charge in [0.1, 0.15) is 6.04 Å². The Balaban J connectivity index is 1.66. The number of nitrogens with one attached hydrogen (secondary N) is 1. The minimum atomic E-state index is -3.80. The third kappa shape index (κ3) is 4.37. The maximum Gasteiger partial charge on any atom is 0.243 e. The van der Waals surface area contributed by atoms with Gasteiger partial charge < -0.3 is 10.2 Å². The molecule has 0 radical (unpaired) electrons. The Labute approximate surface area is 185 Å². The van der Waals surface area contributed by atoms with Gasteiger partial charge in [0.05, 0.1) is 4.90 Å². The SMILES string of the molecule is CC(=O)NC1CC2CN(S(=O)(=O)c3ccc4c(c3)CCCC4)C(CC(C)C)C(=O)N2C1. The number of benzene rings is 1. The number of aryl methyl sites for hydroxylation is 2. The topological polar surface area (TPSA) is 86.8 Å². The molecule has 1 N–H and O–H groups in total. The van der Waals surface area contributed by atoms with Crippen LogP contribution in [0.15, 0.2) is 23.1 Å². The van der Waals surface area contributed by atoms with Crippen LogP contribution in [0.5, 0.6) is 0 Å². The van der Waals surface area contributed by atoms with Gasteiger partial charge in [0.25, 0.3) is 0 Å². The third-order valence-electron chi connectivity index (χ3n) is 6.75. The molecule has 8 heteroatoms. The van der Waals surface area contributed by atoms with Crippen molar-refractivity contribution < 1.29 is 18.0 Å². The lowest BCUT2D eigenvalue weighted by Gasteiger charge is -2.42. The fraction of sp³-hybridized carbons (Fsp3) is 0.652. The molecule has 0 bridgehead atoms. The van der Waals surface area contributed by atoms with E-state index >= 15 is 0 Å². The average Bonchev–Trinajstić information content (AvgIpc) is 3.11. The van der Waals surface area contributed by atoms with Crippen LogP contribution in [0.2, 0.25) is 0 Å². The Morgan fingerprint density at radius 2 is 1.87 bits per heavy atom. The van der Waals surface area contributed by atoms with Gasteiger partial charge in [0.2, 0.25) is 21.8 Å². The summed E-state index contributed by atoms with van der Waals surface area (Å²) in [7, 11) is -3.80. The summed E-state index contributed by atoms with van der Waals surface area (Å²) >= 11 is 0. The molecule has 1 aromatic carbocycles. The quantitative estimate of drug-likeness (QED) is 0.749. The van der Waals surface area contributed by atoms with E-state index in [9.17, 15) is 18.0 Å². The van der Waals surface area contributed by atoms with E-state index in [2.05, 4.69) is 5.32 Å². The predicted molar refractivity (Wildman–Crippen MR) is 118 cm³/mol. The van der Waals surface area contributed by atoms with E-state index in [1.165, 1.54) is 16.8 Å². The fourth-order valence-electron chi connectivity index (χ4n) is 5.34. The summed E-state index contributed by atoms with van der Waals surface area (Å²) in [5.41, 5.74) is 2.35. The van der Waals surface area contributed by atoms with E-state index in [0.717, 1.165) is 31.2 Å². The van der Waals surface area contributed by atoms with E-state index in [1.54, 1.807) is 11.0 Å². The van der Waals surface area contributed by atoms with Crippen LogP contribution in [0.1, 0.15) is 57.6 Å². The van der Waals surface area contributed by atoms with Gasteiger partial charge in [-0.1, -0.05) is 19.9 Å². The average molecular weight is 448 g/mol. The van der Waals surface area contributed by atoms with E-state index in [1.807, 2.05) is 26.0 Å². The van der Waals surface area contributed by atoms with Gasteiger partial charge in [-0.3, -0.25) is 9.59 Å². The summed E-state index contributed by atoms with van der Waals surface area (Å²) in [6, 6.07) is 4.43. The molecule has 1 aliphatic carbocycles. The van der Waals surface area contributed by atoms with Crippen LogP contribution < -0.4 is 5.32 Å². The van der Waals surface area contributed by atoms with Crippen LogP contribution in [0, 0.1) is 5.92 Å². The van der Waals surface area contributed by atoms with Crippen LogP contribution in [0.25, 0.3) is 0 Å². The highest BCUT2D eigenvalue weighted by Crippen LogP contribution is 2.34. The molecular formula is C23H33N3O4S. The molecular weight excluding hydrogens is 414 g/mol. The van der Waals surface area contributed by atoms with Crippen LogP contribution in [-0.4, -0.2) is 60.7 Å². The lowest BCUT2D eigenvalue weighted by atomic mass is 9.92. The monoisotopic (exact) mass is 447 g/mol. The molecule has 2 amide bonds. The molecule has 0 spiro atoms. The Kier molecular flexibility index (Phi) is 6.14. The highest BCUT2D eigenvalue weighted by Gasteiger charge is 2.49. The van der Waals surface area contributed by atoms with Crippen molar-refractivity contribution in [1.82, 2.24) is 14.5 Å². The smallest absolute Gasteiger partial charge is 0.243 e. The summed E-state index contributed by atoms with van der Waals surface area (Å²) in [5, 5.41) is 2.89. The van der Waals surface area contributed by atoms with Crippen LogP contribution in [0.3, 0.4) is 0 Å². The number of hydrogen-bond acceptors (Lipinski definition) is 4. The third-order valence-corrected chi connectivity index (χ3v) is 8.62. The molecule has 0 aromatic heterocycles. The zero-order chi connectivity index (χ0) is 22.3. The molecule has 3 aliphatic rings. The molecule has 4 rings (SSSR count). The fourth-order valence-corrected chi connectivity index (χ4v) is 7.02. The van der Waals surface area contributed by atoms with Crippen LogP contribution in [0.4, 0.5) is 0 Å². The molecule has 2 saturated heterocycles. The van der Waals surface area contributed by atoms with Crippen molar-refractivity contribution in [2.75, 3.05) is 13.1 Å². The van der Waals surface area contributed by atoms with Crippen molar-refractivity contribution in [3.05, 3.63) is 29.3 Å². The zero-order valence-electron chi connectivity index (χ0n) is 18.6. The van der Waals surface area contributed by atoms with E-state index in [4.69, 9.17) is 0 Å². The zero-order valence-corrected chi connectivity index (χ0v) is 19.5. The standard InChI is InChI=1S/C23H33N3O4S/c1-15(2)10-22-23(28)25-13-19(24-16(3)27)12-20(25)14-26(22)31(29,30)21-9-8-17-6-4-5-7-18(17)11-21/h8-9,11,15,19-20,22H,4-7,10,12-14H2,1-3H3,(H,24,27). The molecule has 3 unspecified atom stereocenters. The number of sulfonamides is 1. The molecule has 1 aromatic rings. The van der Waals surface area contributed by atoms with Crippen molar-refractivity contribution in [3.8, 4) is 0 Å². The summed E-state index contributed by atoms with van der Waals surface area (Å²) in [5.74, 6) is -0.0885. The molecule has 2 aliphatic heterocycles. The number of piperazine rings is 1. The Morgan fingerprint density at radius 1 is 1.16 bits per heavy atom. The van der Waals surface area contributed by atoms with Crippen LogP contribution >= 0.6 is 0 Å². The summed E-state index contributed by atoms with van der Waals surface area (Å²) in [4.78, 5) is 27.0. The maximum atomic E-state index is 13.7. The molecule has 7 nitrogen and oxygen atoms in total. The van der Waals surface area contributed by atoms with Gasteiger partial charge in [-0.2, -0.15) is 4.31 Å². The van der Waals surface area contributed by atoms with Crippen molar-refractivity contribution in [2.45, 2.75) is 82.3 Å². The largest absolute Gasteiger partial charge is 0.352 e. The lowest BCUT2D eigenvalue weighted by Crippen LogP contribution is -2.61. The first-order chi connectivity index (χ1) is 14.7. The number of nitrogens with zero attached hydrogens (tertiary/aromatic N) is 2. The first-order valence-corrected chi connectivity index (χ1v) is 12.8. The number of rotatable bonds is 5. The second-order valence-corrected chi connectivity index (χ2v) is 11.5. The second kappa shape index (κ2) is 8.54. The number of fused-ring (bicyclic) bond motifs is 2. The van der Waals surface area contributed by atoms with E-state index in [0.29, 0.717) is 24.3 Å². The number of hydrogen-bond donors (Lipinski definition) is 1. The van der Waals surface area contributed by atoms with Gasteiger partial charge in [-0.25, -0.2) is 8.42 Å². The number of carbonyl (C=O) groups is 2. The molecule has 170 valence electrons. The molecule has 0 saturated carbocycles. The van der Waals surface area contributed by atoms with Crippen molar-refractivity contribution in [2.24, 2.45) is 5.92 Å². The van der Waals surface area contributed by atoms with Gasteiger partial charge in [0.15, 0.2) is 0 Å². The van der Waals surface area contributed by atoms with E-state index in [-0.39, 0.29) is 36.4 Å². The molecule has 31 heavy (non-hydrogen) atoms. The van der Waals surface area contributed by atoms with Crippen molar-refractivity contribution in [1.29, 1.82) is 0 Å². The Hall–Kier alpha value is -1.93. The van der Waals surface area contributed by atoms with Gasteiger partial charge >= 0.3 is 0 Å². The van der Waals surface area contributed by atoms with Crippen LogP contribution in [-0.2, 0) is 32.5 Å². The highest BCUT2D eigenvalue weighted by molar-refractivity contribution is 7.89. The second-order valence-electron chi connectivity index (χ2n) is 9.64. The summed E-state index contributed by atoms with van der Waals surface area (Å²) < 4.78 is 28.9. The highest BCUT2D eigenvalue weighted by atomic mass is 32.2. The Morgan fingerprint density at radius 3 is 2.55 bits per heavy atom. The predicted octanol–water partition coefficient (Wildman–Crippen LogP) is 2.09.